The van der Waals surface area contributed by atoms with Gasteiger partial charge in [0.1, 0.15) is 0 Å². The van der Waals surface area contributed by atoms with Crippen molar-refractivity contribution in [1.82, 2.24) is 14.5 Å². The number of sulfonamides is 1. The summed E-state index contributed by atoms with van der Waals surface area (Å²) in [6.45, 7) is 9.00. The van der Waals surface area contributed by atoms with Crippen LogP contribution in [0.5, 0.6) is 0 Å². The third-order valence-corrected chi connectivity index (χ3v) is 4.96. The van der Waals surface area contributed by atoms with E-state index >= 15 is 0 Å². The zero-order chi connectivity index (χ0) is 14.1. The molecule has 1 fully saturated rings. The fraction of sp³-hybridized carbons (Fsp3) is 0.833. The number of rotatable bonds is 9. The van der Waals surface area contributed by atoms with Crippen molar-refractivity contribution < 1.29 is 13.2 Å². The van der Waals surface area contributed by atoms with Crippen LogP contribution in [-0.2, 0) is 14.8 Å². The lowest BCUT2D eigenvalue weighted by molar-refractivity contribution is 0.181. The molecule has 6 nitrogen and oxygen atoms in total. The number of nitrogens with zero attached hydrogens (tertiary/aromatic N) is 2. The molecule has 1 N–H and O–H groups in total. The Morgan fingerprint density at radius 2 is 2.11 bits per heavy atom. The lowest BCUT2D eigenvalue weighted by Crippen LogP contribution is -2.46. The second kappa shape index (κ2) is 8.65. The van der Waals surface area contributed by atoms with Gasteiger partial charge >= 0.3 is 0 Å². The summed E-state index contributed by atoms with van der Waals surface area (Å²) in [6.07, 6.45) is 1.61. The van der Waals surface area contributed by atoms with Gasteiger partial charge in [-0.15, -0.1) is 6.58 Å². The Morgan fingerprint density at radius 3 is 2.68 bits per heavy atom. The third kappa shape index (κ3) is 6.01. The number of methoxy groups -OCH3 is 1. The van der Waals surface area contributed by atoms with E-state index in [1.807, 2.05) is 0 Å². The van der Waals surface area contributed by atoms with Gasteiger partial charge in [-0.3, -0.25) is 4.90 Å². The summed E-state index contributed by atoms with van der Waals surface area (Å²) in [7, 11) is -1.67. The number of nitrogens with one attached hydrogen (secondary N) is 1. The van der Waals surface area contributed by atoms with Gasteiger partial charge in [0.25, 0.3) is 0 Å². The van der Waals surface area contributed by atoms with Gasteiger partial charge < -0.3 is 10.1 Å². The molecule has 0 spiro atoms. The maximum atomic E-state index is 12.2. The number of ether oxygens (including phenoxy) is 1. The van der Waals surface area contributed by atoms with Crippen molar-refractivity contribution in [3.8, 4) is 0 Å². The van der Waals surface area contributed by atoms with Crippen LogP contribution in [0.4, 0.5) is 0 Å². The summed E-state index contributed by atoms with van der Waals surface area (Å²) in [4.78, 5) is 2.18. The van der Waals surface area contributed by atoms with Crippen LogP contribution in [0.3, 0.4) is 0 Å². The van der Waals surface area contributed by atoms with E-state index in [-0.39, 0.29) is 5.75 Å². The fourth-order valence-corrected chi connectivity index (χ4v) is 3.42. The Labute approximate surface area is 116 Å². The second-order valence-electron chi connectivity index (χ2n) is 4.55. The van der Waals surface area contributed by atoms with E-state index in [0.29, 0.717) is 26.2 Å². The minimum atomic E-state index is -3.24. The molecule has 0 aliphatic carbocycles. The Balaban J connectivity index is 2.47. The second-order valence-corrected chi connectivity index (χ2v) is 6.64. The third-order valence-electron chi connectivity index (χ3n) is 3.15. The molecule has 0 amide bonds. The van der Waals surface area contributed by atoms with Crippen molar-refractivity contribution in [3.63, 3.8) is 0 Å². The van der Waals surface area contributed by atoms with Gasteiger partial charge in [0.2, 0.25) is 10.0 Å². The van der Waals surface area contributed by atoms with Crippen molar-refractivity contribution in [3.05, 3.63) is 12.7 Å². The van der Waals surface area contributed by atoms with Crippen LogP contribution >= 0.6 is 0 Å². The Kier molecular flexibility index (Phi) is 7.55. The Morgan fingerprint density at radius 1 is 1.42 bits per heavy atom. The molecule has 1 aliphatic heterocycles. The first-order chi connectivity index (χ1) is 9.10. The quantitative estimate of drug-likeness (QED) is 0.572. The molecule has 112 valence electrons. The molecule has 1 rings (SSSR count). The minimum absolute atomic E-state index is 0.157. The van der Waals surface area contributed by atoms with Crippen molar-refractivity contribution in [2.45, 2.75) is 0 Å². The highest BCUT2D eigenvalue weighted by Gasteiger charge is 2.22. The van der Waals surface area contributed by atoms with Crippen LogP contribution in [0.15, 0.2) is 12.7 Å². The zero-order valence-electron chi connectivity index (χ0n) is 11.7. The molecule has 1 aliphatic rings. The summed E-state index contributed by atoms with van der Waals surface area (Å²) in [5.74, 6) is 0.157. The topological polar surface area (TPSA) is 61.9 Å². The van der Waals surface area contributed by atoms with Gasteiger partial charge in [-0.2, -0.15) is 4.31 Å². The molecule has 0 atom stereocenters. The molecule has 1 saturated heterocycles. The first-order valence-corrected chi connectivity index (χ1v) is 8.22. The monoisotopic (exact) mass is 291 g/mol. The maximum absolute atomic E-state index is 12.2. The normalized spacial score (nSPS) is 17.8. The van der Waals surface area contributed by atoms with E-state index in [4.69, 9.17) is 4.74 Å². The first kappa shape index (κ1) is 16.6. The molecule has 0 unspecified atom stereocenters. The van der Waals surface area contributed by atoms with Crippen molar-refractivity contribution in [1.29, 1.82) is 0 Å². The number of hydrogen-bond acceptors (Lipinski definition) is 5. The van der Waals surface area contributed by atoms with E-state index in [2.05, 4.69) is 16.8 Å². The minimum Gasteiger partial charge on any atom is -0.383 e. The zero-order valence-corrected chi connectivity index (χ0v) is 12.5. The van der Waals surface area contributed by atoms with Gasteiger partial charge in [-0.25, -0.2) is 8.42 Å². The predicted molar refractivity (Wildman–Crippen MR) is 76.7 cm³/mol. The van der Waals surface area contributed by atoms with Gasteiger partial charge in [-0.1, -0.05) is 6.08 Å². The highest BCUT2D eigenvalue weighted by atomic mass is 32.2. The van der Waals surface area contributed by atoms with Gasteiger partial charge in [0.05, 0.1) is 12.4 Å². The molecule has 1 heterocycles. The average Bonchev–Trinajstić information content (AvgIpc) is 2.42. The predicted octanol–water partition coefficient (Wildman–Crippen LogP) is -0.644. The van der Waals surface area contributed by atoms with Crippen LogP contribution in [0.1, 0.15) is 0 Å². The highest BCUT2D eigenvalue weighted by Crippen LogP contribution is 2.03. The smallest absolute Gasteiger partial charge is 0.215 e. The van der Waals surface area contributed by atoms with Crippen LogP contribution in [-0.4, -0.2) is 82.9 Å². The molecule has 0 radical (unpaired) electrons. The molecule has 7 heteroatoms. The largest absolute Gasteiger partial charge is 0.383 e. The van der Waals surface area contributed by atoms with Crippen LogP contribution in [0.2, 0.25) is 0 Å². The summed E-state index contributed by atoms with van der Waals surface area (Å²) in [5, 5.41) is 3.25. The summed E-state index contributed by atoms with van der Waals surface area (Å²) < 4.78 is 30.9. The van der Waals surface area contributed by atoms with Gasteiger partial charge in [0.15, 0.2) is 0 Å². The molecule has 0 bridgehead atoms. The van der Waals surface area contributed by atoms with Gasteiger partial charge in [-0.05, 0) is 0 Å². The molecule has 0 saturated carbocycles. The SMILES string of the molecule is C=CCN(CCOC)S(=O)(=O)CCN1CCNCC1. The van der Waals surface area contributed by atoms with Crippen molar-refractivity contribution >= 4 is 10.0 Å². The molecule has 0 aromatic heterocycles. The van der Waals surface area contributed by atoms with E-state index in [9.17, 15) is 8.42 Å². The van der Waals surface area contributed by atoms with E-state index in [0.717, 1.165) is 26.2 Å². The fourth-order valence-electron chi connectivity index (χ4n) is 1.99. The van der Waals surface area contributed by atoms with E-state index in [1.165, 1.54) is 4.31 Å². The lowest BCUT2D eigenvalue weighted by atomic mass is 10.4. The van der Waals surface area contributed by atoms with Crippen molar-refractivity contribution in [2.75, 3.05) is 65.3 Å². The number of piperazine rings is 1. The van der Waals surface area contributed by atoms with E-state index < -0.39 is 10.0 Å². The summed E-state index contributed by atoms with van der Waals surface area (Å²) in [5.41, 5.74) is 0. The highest BCUT2D eigenvalue weighted by molar-refractivity contribution is 7.89. The summed E-state index contributed by atoms with van der Waals surface area (Å²) >= 11 is 0. The average molecular weight is 291 g/mol. The van der Waals surface area contributed by atoms with Crippen LogP contribution in [0, 0.1) is 0 Å². The molecular formula is C12H25N3O3S. The van der Waals surface area contributed by atoms with Crippen LogP contribution in [0.25, 0.3) is 0 Å². The lowest BCUT2D eigenvalue weighted by Gasteiger charge is -2.28. The molecule has 0 aromatic carbocycles. The summed E-state index contributed by atoms with van der Waals surface area (Å²) in [6, 6.07) is 0. The molecule has 19 heavy (non-hydrogen) atoms. The maximum Gasteiger partial charge on any atom is 0.215 e. The van der Waals surface area contributed by atoms with Crippen molar-refractivity contribution in [2.24, 2.45) is 0 Å². The first-order valence-electron chi connectivity index (χ1n) is 6.61. The Hall–Kier alpha value is -0.470. The van der Waals surface area contributed by atoms with Gasteiger partial charge in [0, 0.05) is 52.9 Å². The number of hydrogen-bond donors (Lipinski definition) is 1. The Bertz CT molecular complexity index is 353. The molecule has 0 aromatic rings. The van der Waals surface area contributed by atoms with E-state index in [1.54, 1.807) is 13.2 Å². The standard InChI is InChI=1S/C12H25N3O3S/c1-3-6-15(9-11-18-2)19(16,17)12-10-14-7-4-13-5-8-14/h3,13H,1,4-12H2,2H3. The molecular weight excluding hydrogens is 266 g/mol. The van der Waals surface area contributed by atoms with Crippen LogP contribution < -0.4 is 5.32 Å².